The first kappa shape index (κ1) is 19.4. The molecule has 0 aliphatic rings. The fourth-order valence-electron chi connectivity index (χ4n) is 2.06. The zero-order valence-corrected chi connectivity index (χ0v) is 16.2. The number of rotatable bonds is 7. The number of aryl methyl sites for hydroxylation is 3. The number of halogens is 1. The van der Waals surface area contributed by atoms with Gasteiger partial charge in [-0.15, -0.1) is 24.0 Å². The van der Waals surface area contributed by atoms with Crippen molar-refractivity contribution in [2.75, 3.05) is 13.1 Å². The zero-order chi connectivity index (χ0) is 15.8. The van der Waals surface area contributed by atoms with Crippen molar-refractivity contribution in [2.45, 2.75) is 26.3 Å². The van der Waals surface area contributed by atoms with Gasteiger partial charge in [0.15, 0.2) is 5.96 Å². The smallest absolute Gasteiger partial charge is 0.191 e. The summed E-state index contributed by atoms with van der Waals surface area (Å²) in [6, 6.07) is 0. The topological polar surface area (TPSA) is 84.9 Å². The maximum absolute atomic E-state index is 4.52. The highest BCUT2D eigenvalue weighted by molar-refractivity contribution is 14.0. The Morgan fingerprint density at radius 2 is 2.09 bits per heavy atom. The summed E-state index contributed by atoms with van der Waals surface area (Å²) < 4.78 is 3.56. The van der Waals surface area contributed by atoms with Crippen LogP contribution in [0.3, 0.4) is 0 Å². The average molecular weight is 432 g/mol. The van der Waals surface area contributed by atoms with Gasteiger partial charge in [-0.2, -0.15) is 10.2 Å². The lowest BCUT2D eigenvalue weighted by molar-refractivity contribution is 0.694. The molecule has 0 unspecified atom stereocenters. The first-order valence-corrected chi connectivity index (χ1v) is 7.51. The molecule has 0 amide bonds. The fraction of sp³-hybridized carbons (Fsp3) is 0.571. The van der Waals surface area contributed by atoms with E-state index in [0.717, 1.165) is 37.7 Å². The van der Waals surface area contributed by atoms with Gasteiger partial charge < -0.3 is 10.6 Å². The van der Waals surface area contributed by atoms with E-state index in [2.05, 4.69) is 37.7 Å². The molecule has 0 saturated carbocycles. The predicted octanol–water partition coefficient (Wildman–Crippen LogP) is 0.854. The number of nitrogens with one attached hydrogen (secondary N) is 2. The van der Waals surface area contributed by atoms with E-state index in [1.54, 1.807) is 11.0 Å². The van der Waals surface area contributed by atoms with Crippen LogP contribution in [0.25, 0.3) is 0 Å². The van der Waals surface area contributed by atoms with Gasteiger partial charge in [0.25, 0.3) is 0 Å². The first-order chi connectivity index (χ1) is 10.7. The third kappa shape index (κ3) is 6.55. The van der Waals surface area contributed by atoms with Crippen molar-refractivity contribution in [1.29, 1.82) is 0 Å². The number of aromatic nitrogens is 5. The molecule has 8 nitrogen and oxygen atoms in total. The molecule has 0 saturated heterocycles. The molecule has 0 fully saturated rings. The van der Waals surface area contributed by atoms with Crippen molar-refractivity contribution in [1.82, 2.24) is 35.2 Å². The molecule has 2 aromatic heterocycles. The molecule has 0 aliphatic heterocycles. The molecule has 128 valence electrons. The SMILES string of the molecule is CCNC(=NCc1ncnn1C)NCCCc1cnn(C)c1.I. The van der Waals surface area contributed by atoms with Crippen LogP contribution in [0.15, 0.2) is 23.7 Å². The average Bonchev–Trinajstić information content (AvgIpc) is 3.09. The molecule has 2 rings (SSSR count). The van der Waals surface area contributed by atoms with Crippen LogP contribution in [0.2, 0.25) is 0 Å². The van der Waals surface area contributed by atoms with Crippen LogP contribution in [0.5, 0.6) is 0 Å². The Labute approximate surface area is 153 Å². The highest BCUT2D eigenvalue weighted by Gasteiger charge is 2.02. The molecule has 23 heavy (non-hydrogen) atoms. The second-order valence-corrected chi connectivity index (χ2v) is 5.05. The number of guanidine groups is 1. The summed E-state index contributed by atoms with van der Waals surface area (Å²) in [5, 5.41) is 14.8. The molecule has 0 radical (unpaired) electrons. The van der Waals surface area contributed by atoms with E-state index in [9.17, 15) is 0 Å². The van der Waals surface area contributed by atoms with Gasteiger partial charge >= 0.3 is 0 Å². The van der Waals surface area contributed by atoms with Gasteiger partial charge in [-0.05, 0) is 25.3 Å². The Morgan fingerprint density at radius 1 is 1.26 bits per heavy atom. The van der Waals surface area contributed by atoms with Crippen LogP contribution >= 0.6 is 24.0 Å². The number of nitrogens with zero attached hydrogens (tertiary/aromatic N) is 6. The number of aliphatic imine (C=N–C) groups is 1. The summed E-state index contributed by atoms with van der Waals surface area (Å²) in [5.41, 5.74) is 1.25. The maximum Gasteiger partial charge on any atom is 0.191 e. The summed E-state index contributed by atoms with van der Waals surface area (Å²) in [6.07, 6.45) is 7.53. The lowest BCUT2D eigenvalue weighted by Crippen LogP contribution is -2.37. The largest absolute Gasteiger partial charge is 0.357 e. The third-order valence-electron chi connectivity index (χ3n) is 3.22. The lowest BCUT2D eigenvalue weighted by Gasteiger charge is -2.10. The minimum Gasteiger partial charge on any atom is -0.357 e. The molecular formula is C14H25IN8. The van der Waals surface area contributed by atoms with Crippen LogP contribution in [0.1, 0.15) is 24.7 Å². The van der Waals surface area contributed by atoms with E-state index in [0.29, 0.717) is 6.54 Å². The van der Waals surface area contributed by atoms with E-state index >= 15 is 0 Å². The molecule has 0 atom stereocenters. The molecule has 0 aromatic carbocycles. The van der Waals surface area contributed by atoms with E-state index in [-0.39, 0.29) is 24.0 Å². The maximum atomic E-state index is 4.52. The van der Waals surface area contributed by atoms with Gasteiger partial charge in [0.1, 0.15) is 18.7 Å². The van der Waals surface area contributed by atoms with E-state index < -0.39 is 0 Å². The minimum atomic E-state index is 0. The molecule has 0 bridgehead atoms. The van der Waals surface area contributed by atoms with Gasteiger partial charge in [0.05, 0.1) is 6.20 Å². The fourth-order valence-corrected chi connectivity index (χ4v) is 2.06. The van der Waals surface area contributed by atoms with Gasteiger partial charge in [-0.25, -0.2) is 9.98 Å². The zero-order valence-electron chi connectivity index (χ0n) is 13.9. The molecular weight excluding hydrogens is 407 g/mol. The van der Waals surface area contributed by atoms with E-state index in [1.807, 2.05) is 31.2 Å². The Morgan fingerprint density at radius 3 is 2.70 bits per heavy atom. The Balaban J connectivity index is 0.00000264. The summed E-state index contributed by atoms with van der Waals surface area (Å²) in [5.74, 6) is 1.64. The first-order valence-electron chi connectivity index (χ1n) is 7.51. The van der Waals surface area contributed by atoms with Crippen molar-refractivity contribution in [2.24, 2.45) is 19.1 Å². The number of hydrogen-bond donors (Lipinski definition) is 2. The Kier molecular flexibility index (Phi) is 8.59. The summed E-state index contributed by atoms with van der Waals surface area (Å²) in [6.45, 7) is 4.25. The highest BCUT2D eigenvalue weighted by atomic mass is 127. The third-order valence-corrected chi connectivity index (χ3v) is 3.22. The normalized spacial score (nSPS) is 11.2. The lowest BCUT2D eigenvalue weighted by atomic mass is 10.2. The van der Waals surface area contributed by atoms with Crippen molar-refractivity contribution < 1.29 is 0 Å². The molecule has 0 aliphatic carbocycles. The van der Waals surface area contributed by atoms with Gasteiger partial charge in [-0.1, -0.05) is 0 Å². The van der Waals surface area contributed by atoms with Crippen molar-refractivity contribution in [3.8, 4) is 0 Å². The minimum absolute atomic E-state index is 0. The second kappa shape index (κ2) is 10.2. The van der Waals surface area contributed by atoms with Crippen LogP contribution in [0.4, 0.5) is 0 Å². The Hall–Kier alpha value is -1.65. The number of hydrogen-bond acceptors (Lipinski definition) is 4. The van der Waals surface area contributed by atoms with Crippen LogP contribution in [0, 0.1) is 0 Å². The van der Waals surface area contributed by atoms with E-state index in [1.165, 1.54) is 5.56 Å². The molecule has 0 spiro atoms. The van der Waals surface area contributed by atoms with Crippen LogP contribution < -0.4 is 10.6 Å². The summed E-state index contributed by atoms with van der Waals surface area (Å²) in [7, 11) is 3.80. The van der Waals surface area contributed by atoms with Gasteiger partial charge in [-0.3, -0.25) is 9.36 Å². The predicted molar refractivity (Wildman–Crippen MR) is 101 cm³/mol. The van der Waals surface area contributed by atoms with E-state index in [4.69, 9.17) is 0 Å². The Bertz CT molecular complexity index is 603. The van der Waals surface area contributed by atoms with Gasteiger partial charge in [0.2, 0.25) is 0 Å². The van der Waals surface area contributed by atoms with Crippen LogP contribution in [-0.2, 0) is 27.1 Å². The molecule has 2 heterocycles. The standard InChI is InChI=1S/C14H24N8.HI/c1-4-15-14(17-9-13-18-11-20-22(13)3)16-7-5-6-12-8-19-21(2)10-12;/h8,10-11H,4-7,9H2,1-3H3,(H2,15,16,17);1H. The van der Waals surface area contributed by atoms with Gasteiger partial charge in [0, 0.05) is 33.4 Å². The summed E-state index contributed by atoms with van der Waals surface area (Å²) >= 11 is 0. The highest BCUT2D eigenvalue weighted by Crippen LogP contribution is 2.00. The quantitative estimate of drug-likeness (QED) is 0.294. The second-order valence-electron chi connectivity index (χ2n) is 5.05. The molecule has 9 heteroatoms. The van der Waals surface area contributed by atoms with Crippen LogP contribution in [-0.4, -0.2) is 43.6 Å². The van der Waals surface area contributed by atoms with Crippen molar-refractivity contribution >= 4 is 29.9 Å². The van der Waals surface area contributed by atoms with Crippen molar-refractivity contribution in [3.05, 3.63) is 30.1 Å². The monoisotopic (exact) mass is 432 g/mol. The summed E-state index contributed by atoms with van der Waals surface area (Å²) in [4.78, 5) is 8.69. The molecule has 2 aromatic rings. The molecule has 2 N–H and O–H groups in total. The van der Waals surface area contributed by atoms with Crippen molar-refractivity contribution in [3.63, 3.8) is 0 Å².